The second kappa shape index (κ2) is 9.11. The lowest BCUT2D eigenvalue weighted by molar-refractivity contribution is -0.384. The van der Waals surface area contributed by atoms with Crippen molar-refractivity contribution in [3.63, 3.8) is 0 Å². The Morgan fingerprint density at radius 2 is 1.84 bits per heavy atom. The van der Waals surface area contributed by atoms with Gasteiger partial charge in [0, 0.05) is 16.7 Å². The molecule has 0 atom stereocenters. The summed E-state index contributed by atoms with van der Waals surface area (Å²) in [7, 11) is -4.11. The topological polar surface area (TPSA) is 114 Å². The minimum Gasteiger partial charge on any atom is -0.280 e. The lowest BCUT2D eigenvalue weighted by Crippen LogP contribution is -2.13. The first-order chi connectivity index (χ1) is 14.7. The summed E-state index contributed by atoms with van der Waals surface area (Å²) in [6.07, 6.45) is 0. The number of hydrogen-bond donors (Lipinski definition) is 2. The predicted molar refractivity (Wildman–Crippen MR) is 118 cm³/mol. The Bertz CT molecular complexity index is 1280. The second-order valence-corrected chi connectivity index (χ2v) is 8.46. The van der Waals surface area contributed by atoms with Crippen LogP contribution in [-0.4, -0.2) is 19.1 Å². The summed E-state index contributed by atoms with van der Waals surface area (Å²) >= 11 is 5.85. The van der Waals surface area contributed by atoms with Crippen LogP contribution in [0.5, 0.6) is 0 Å². The van der Waals surface area contributed by atoms with Crippen molar-refractivity contribution < 1.29 is 17.7 Å². The second-order valence-electron chi connectivity index (χ2n) is 6.34. The zero-order valence-corrected chi connectivity index (χ0v) is 17.6. The number of benzene rings is 3. The van der Waals surface area contributed by atoms with Crippen LogP contribution in [0.15, 0.2) is 76.7 Å². The van der Waals surface area contributed by atoms with E-state index in [9.17, 15) is 22.9 Å². The number of halogens is 2. The molecule has 31 heavy (non-hydrogen) atoms. The number of anilines is 2. The van der Waals surface area contributed by atoms with E-state index in [4.69, 9.17) is 11.6 Å². The molecule has 0 aromatic heterocycles. The third-order valence-corrected chi connectivity index (χ3v) is 5.77. The van der Waals surface area contributed by atoms with Gasteiger partial charge in [-0.15, -0.1) is 0 Å². The van der Waals surface area contributed by atoms with Gasteiger partial charge in [0.15, 0.2) is 0 Å². The summed E-state index contributed by atoms with van der Waals surface area (Å²) in [5.74, 6) is -0.492. The first-order valence-corrected chi connectivity index (χ1v) is 10.7. The Kier molecular flexibility index (Phi) is 6.52. The summed E-state index contributed by atoms with van der Waals surface area (Å²) in [6.45, 7) is 1.53. The number of sulfonamides is 1. The van der Waals surface area contributed by atoms with Crippen LogP contribution >= 0.6 is 11.6 Å². The van der Waals surface area contributed by atoms with Gasteiger partial charge in [0.2, 0.25) is 0 Å². The minimum absolute atomic E-state index is 0.0533. The van der Waals surface area contributed by atoms with Crippen LogP contribution in [0.2, 0.25) is 5.02 Å². The molecule has 0 saturated carbocycles. The number of nitrogens with zero attached hydrogens (tertiary/aromatic N) is 2. The molecule has 3 rings (SSSR count). The lowest BCUT2D eigenvalue weighted by Gasteiger charge is -2.10. The van der Waals surface area contributed by atoms with Crippen LogP contribution in [0, 0.1) is 15.9 Å². The Morgan fingerprint density at radius 1 is 1.10 bits per heavy atom. The maximum Gasteiger partial charge on any atom is 0.295 e. The molecule has 0 fully saturated rings. The molecule has 0 unspecified atom stereocenters. The van der Waals surface area contributed by atoms with Crippen molar-refractivity contribution in [1.29, 1.82) is 0 Å². The van der Waals surface area contributed by atoms with Gasteiger partial charge < -0.3 is 0 Å². The maximum atomic E-state index is 13.9. The quantitative estimate of drug-likeness (QED) is 0.290. The van der Waals surface area contributed by atoms with Crippen LogP contribution in [-0.2, 0) is 10.0 Å². The fourth-order valence-electron chi connectivity index (χ4n) is 2.65. The van der Waals surface area contributed by atoms with Crippen molar-refractivity contribution >= 4 is 44.4 Å². The van der Waals surface area contributed by atoms with E-state index in [-0.39, 0.29) is 27.5 Å². The van der Waals surface area contributed by atoms with Crippen LogP contribution in [0.4, 0.5) is 21.5 Å². The number of hydrogen-bond acceptors (Lipinski definition) is 6. The number of nitrogens with one attached hydrogen (secondary N) is 2. The first kappa shape index (κ1) is 22.2. The SMILES string of the molecule is C/C(=N\Nc1ccc(S(=O)(=O)Nc2cccc(Cl)c2)cc1[N+](=O)[O-])c1ccccc1F. The Morgan fingerprint density at radius 3 is 2.52 bits per heavy atom. The molecule has 2 N–H and O–H groups in total. The van der Waals surface area contributed by atoms with E-state index in [1.165, 1.54) is 49.4 Å². The van der Waals surface area contributed by atoms with Gasteiger partial charge in [-0.2, -0.15) is 5.10 Å². The molecule has 0 amide bonds. The highest BCUT2D eigenvalue weighted by Crippen LogP contribution is 2.29. The van der Waals surface area contributed by atoms with E-state index >= 15 is 0 Å². The molecular formula is C20H16ClFN4O4S. The van der Waals surface area contributed by atoms with E-state index in [1.54, 1.807) is 18.2 Å². The van der Waals surface area contributed by atoms with Crippen LogP contribution in [0.1, 0.15) is 12.5 Å². The average Bonchev–Trinajstić information content (AvgIpc) is 2.71. The monoisotopic (exact) mass is 462 g/mol. The summed E-state index contributed by atoms with van der Waals surface area (Å²) < 4.78 is 41.4. The Balaban J connectivity index is 1.90. The van der Waals surface area contributed by atoms with E-state index in [2.05, 4.69) is 15.2 Å². The third kappa shape index (κ3) is 5.36. The molecule has 0 aliphatic carbocycles. The van der Waals surface area contributed by atoms with E-state index < -0.39 is 26.5 Å². The molecule has 0 aliphatic rings. The van der Waals surface area contributed by atoms with Crippen LogP contribution in [0.3, 0.4) is 0 Å². The van der Waals surface area contributed by atoms with Crippen molar-refractivity contribution in [2.24, 2.45) is 5.10 Å². The molecule has 8 nitrogen and oxygen atoms in total. The van der Waals surface area contributed by atoms with Gasteiger partial charge in [-0.05, 0) is 43.3 Å². The van der Waals surface area contributed by atoms with Gasteiger partial charge in [0.25, 0.3) is 15.7 Å². The van der Waals surface area contributed by atoms with Crippen molar-refractivity contribution in [3.05, 3.63) is 93.2 Å². The number of hydrazone groups is 1. The van der Waals surface area contributed by atoms with Gasteiger partial charge in [-0.1, -0.05) is 35.9 Å². The zero-order valence-electron chi connectivity index (χ0n) is 16.0. The molecule has 11 heteroatoms. The normalized spacial score (nSPS) is 11.8. The summed E-state index contributed by atoms with van der Waals surface area (Å²) in [5, 5.41) is 15.8. The fraction of sp³-hybridized carbons (Fsp3) is 0.0500. The highest BCUT2D eigenvalue weighted by atomic mass is 35.5. The highest BCUT2D eigenvalue weighted by Gasteiger charge is 2.22. The molecule has 0 heterocycles. The predicted octanol–water partition coefficient (Wildman–Crippen LogP) is 5.02. The standard InChI is InChI=1S/C20H16ClFN4O4S/c1-13(17-7-2-3-8-18(17)22)23-24-19-10-9-16(12-20(19)26(27)28)31(29,30)25-15-6-4-5-14(21)11-15/h2-12,24-25H,1H3/b23-13+. The molecule has 3 aromatic carbocycles. The van der Waals surface area contributed by atoms with Crippen LogP contribution in [0.25, 0.3) is 0 Å². The van der Waals surface area contributed by atoms with Crippen molar-refractivity contribution in [2.45, 2.75) is 11.8 Å². The molecule has 0 bridgehead atoms. The molecule has 3 aromatic rings. The van der Waals surface area contributed by atoms with Gasteiger partial charge >= 0.3 is 0 Å². The molecule has 160 valence electrons. The first-order valence-electron chi connectivity index (χ1n) is 8.79. The van der Waals surface area contributed by atoms with Gasteiger partial charge in [-0.25, -0.2) is 12.8 Å². The number of rotatable bonds is 7. The molecule has 0 radical (unpaired) electrons. The van der Waals surface area contributed by atoms with Crippen molar-refractivity contribution in [2.75, 3.05) is 10.1 Å². The number of nitro groups is 1. The van der Waals surface area contributed by atoms with Gasteiger partial charge in [0.1, 0.15) is 11.5 Å². The zero-order chi connectivity index (χ0) is 22.6. The maximum absolute atomic E-state index is 13.9. The van der Waals surface area contributed by atoms with Gasteiger partial charge in [-0.3, -0.25) is 20.3 Å². The third-order valence-electron chi connectivity index (χ3n) is 4.16. The fourth-order valence-corrected chi connectivity index (χ4v) is 3.91. The number of nitro benzene ring substituents is 1. The average molecular weight is 463 g/mol. The van der Waals surface area contributed by atoms with Crippen molar-refractivity contribution in [3.8, 4) is 0 Å². The summed E-state index contributed by atoms with van der Waals surface area (Å²) in [5.41, 5.74) is 2.63. The summed E-state index contributed by atoms with van der Waals surface area (Å²) in [4.78, 5) is 10.4. The smallest absolute Gasteiger partial charge is 0.280 e. The van der Waals surface area contributed by atoms with Crippen LogP contribution < -0.4 is 10.1 Å². The van der Waals surface area contributed by atoms with E-state index in [0.29, 0.717) is 5.02 Å². The Labute approximate surface area is 182 Å². The lowest BCUT2D eigenvalue weighted by atomic mass is 10.1. The largest absolute Gasteiger partial charge is 0.295 e. The molecular weight excluding hydrogens is 447 g/mol. The van der Waals surface area contributed by atoms with Gasteiger partial charge in [0.05, 0.1) is 21.2 Å². The van der Waals surface area contributed by atoms with E-state index in [0.717, 1.165) is 6.07 Å². The molecule has 0 saturated heterocycles. The molecule has 0 spiro atoms. The van der Waals surface area contributed by atoms with E-state index in [1.807, 2.05) is 0 Å². The Hall–Kier alpha value is -3.50. The van der Waals surface area contributed by atoms with Crippen molar-refractivity contribution in [1.82, 2.24) is 0 Å². The highest BCUT2D eigenvalue weighted by molar-refractivity contribution is 7.92. The molecule has 0 aliphatic heterocycles. The summed E-state index contributed by atoms with van der Waals surface area (Å²) in [6, 6.07) is 15.3. The minimum atomic E-state index is -4.11.